The van der Waals surface area contributed by atoms with Gasteiger partial charge in [0.2, 0.25) is 0 Å². The number of nitrogens with one attached hydrogen (secondary N) is 10. The molecule has 41 nitrogen and oxygen atoms in total. The highest BCUT2D eigenvalue weighted by Crippen LogP contribution is 2.39. The zero-order chi connectivity index (χ0) is 101. The van der Waals surface area contributed by atoms with Crippen LogP contribution in [0.15, 0.2) is 154 Å². The number of imidazole rings is 5. The molecule has 0 bridgehead atoms. The highest BCUT2D eigenvalue weighted by atomic mass is 32.1. The SMILES string of the molecule is C.Cc1cn2c(-c3cn[nH]c3)cnc2c(Nc2cc(CN3CCC(C)(F)C3)ns2)n1.Cc1cn2c(-c3cn[nH]c3)cnc2c(Nc2cc(CN3CCC(C)CC3)ns2)n1.Cc1cn2c(-c3cn[nH]c3)cnc2c(Nc2cc(CN3CCCC(C)(F)C3)ns2)n1.Cc1cn2c(-c3cn[nH]c3)cnc2c(Nc2cc(CN3CCCC(C)C3)ns2)n1.Cc1cn2c(-c3cn[nH]c3)cnc2c(Nc2cc(CN3CCOCC3(C)C)ns2)n1. The Hall–Kier alpha value is -14.1. The third kappa shape index (κ3) is 23.8. The van der Waals surface area contributed by atoms with Gasteiger partial charge in [-0.25, -0.2) is 58.6 Å². The minimum atomic E-state index is -1.11. The van der Waals surface area contributed by atoms with E-state index in [1.54, 1.807) is 44.8 Å². The molecule has 0 aliphatic carbocycles. The number of fused-ring (bicyclic) bond motifs is 5. The van der Waals surface area contributed by atoms with Gasteiger partial charge >= 0.3 is 0 Å². The standard InChI is InChI=1S/C20H23FN8S.C20H24N8OS.2C20H24N8S.C19H21FN8S.CH4/c1-13-10-29-16(14-7-23-24-8-14)9-22-19(29)18(25-13)26-17-6-15(27-30-17)11-28-5-3-4-20(2,21)12-28;1-13-10-28-16(14-7-22-23-8-14)9-21-19(28)18(24-13)25-17-6-15(26-30-17)11-27-4-5-29-12-20(27,2)3;1-13-3-5-27(6-4-13)12-16-7-18(29-26-16)25-19-20-21-10-17(15-8-22-23-9-15)28(20)11-14(2)24-19;1-13-4-3-5-27(10-13)12-16-6-18(29-26-16)25-19-20-21-9-17(15-7-22-23-8-15)28(20)11-14(2)24-19;1-12-9-28-15(13-6-22-23-7-13)8-21-18(28)17(24-12)25-16-5-14(26-29-16)10-27-4-3-19(2,20)11-27;/h6-10H,3-5,11-12H2,1-2H3,(H,23,24)(H,25,26);6-10H,4-5,11-12H2,1-3H3,(H,22,23)(H,24,25);7-11,13H,3-6,12H2,1-2H3,(H,22,23)(H,24,25);6-9,11,13H,3-5,10,12H2,1-2H3,(H,22,23)(H,24,25);5-9H,3-4,10-11H2,1-2H3,(H,22,23)(H,24,25);1H4. The number of aryl methyl sites for hydroxylation is 5. The second kappa shape index (κ2) is 44.1. The van der Waals surface area contributed by atoms with E-state index in [-0.39, 0.29) is 13.0 Å². The lowest BCUT2D eigenvalue weighted by Crippen LogP contribution is -2.52. The summed E-state index contributed by atoms with van der Waals surface area (Å²) < 4.78 is 67.1. The molecule has 0 amide bonds. The van der Waals surface area contributed by atoms with Gasteiger partial charge in [0.25, 0.3) is 0 Å². The van der Waals surface area contributed by atoms with Crippen LogP contribution in [-0.2, 0) is 37.5 Å². The Morgan fingerprint density at radius 3 is 0.959 bits per heavy atom. The fraction of sp³-hybridized carbons (Fsp3) is 0.400. The lowest BCUT2D eigenvalue weighted by atomic mass is 9.97. The summed E-state index contributed by atoms with van der Waals surface area (Å²) in [5, 5.41) is 56.1. The summed E-state index contributed by atoms with van der Waals surface area (Å²) in [6.07, 6.45) is 44.5. The van der Waals surface area contributed by atoms with Crippen molar-refractivity contribution in [2.24, 2.45) is 11.8 Å². The summed E-state index contributed by atoms with van der Waals surface area (Å²) in [5.41, 5.74) is 20.9. The maximum absolute atomic E-state index is 14.3. The van der Waals surface area contributed by atoms with Crippen molar-refractivity contribution in [3.05, 3.63) is 211 Å². The molecule has 25 heterocycles. The second-order valence-electron chi connectivity index (χ2n) is 39.6. The number of alkyl halides is 2. The van der Waals surface area contributed by atoms with Crippen LogP contribution in [0.1, 0.15) is 151 Å². The number of ether oxygens (including phenoxy) is 1. The first-order valence-electron chi connectivity index (χ1n) is 49.2. The van der Waals surface area contributed by atoms with Crippen molar-refractivity contribution in [1.82, 2.24) is 169 Å². The van der Waals surface area contributed by atoms with Crippen molar-refractivity contribution in [2.45, 2.75) is 178 Å². The molecule has 0 aromatic carbocycles. The second-order valence-corrected chi connectivity index (χ2v) is 43.7. The molecule has 0 spiro atoms. The van der Waals surface area contributed by atoms with E-state index in [0.717, 1.165) is 275 Å². The van der Waals surface area contributed by atoms with Crippen LogP contribution in [0.2, 0.25) is 0 Å². The summed E-state index contributed by atoms with van der Waals surface area (Å²) in [7, 11) is 0. The number of rotatable bonds is 25. The van der Waals surface area contributed by atoms with Gasteiger partial charge in [-0.2, -0.15) is 47.4 Å². The monoisotopic (exact) mass is 2090 g/mol. The lowest BCUT2D eigenvalue weighted by Gasteiger charge is -2.41. The molecule has 0 saturated carbocycles. The van der Waals surface area contributed by atoms with Crippen LogP contribution in [0, 0.1) is 46.5 Å². The molecule has 3 unspecified atom stereocenters. The molecule has 5 aliphatic heterocycles. The fourth-order valence-corrected chi connectivity index (χ4v) is 22.6. The number of halogens is 2. The molecule has 48 heteroatoms. The molecule has 5 fully saturated rings. The van der Waals surface area contributed by atoms with E-state index >= 15 is 0 Å². The van der Waals surface area contributed by atoms with Gasteiger partial charge in [-0.15, -0.1) is 0 Å². The summed E-state index contributed by atoms with van der Waals surface area (Å²) in [5.74, 6) is 5.15. The number of aromatic nitrogens is 30. The number of morpholine rings is 1. The number of hydrogen-bond acceptors (Lipinski definition) is 36. The predicted molar refractivity (Wildman–Crippen MR) is 576 cm³/mol. The van der Waals surface area contributed by atoms with Gasteiger partial charge in [0.05, 0.1) is 161 Å². The molecule has 0 radical (unpaired) electrons. The Morgan fingerprint density at radius 1 is 0.358 bits per heavy atom. The molecule has 5 saturated heterocycles. The summed E-state index contributed by atoms with van der Waals surface area (Å²) in [6.45, 7) is 35.9. The normalized spacial score (nSPS) is 18.0. The Kier molecular flexibility index (Phi) is 30.2. The van der Waals surface area contributed by atoms with Gasteiger partial charge in [0, 0.05) is 161 Å². The van der Waals surface area contributed by atoms with E-state index in [2.05, 4.69) is 220 Å². The highest BCUT2D eigenvalue weighted by molar-refractivity contribution is 7.11. The first kappa shape index (κ1) is 101. The predicted octanol–water partition coefficient (Wildman–Crippen LogP) is 19.1. The first-order chi connectivity index (χ1) is 71.2. The number of H-pyrrole nitrogens is 5. The zero-order valence-electron chi connectivity index (χ0n) is 83.5. The summed E-state index contributed by atoms with van der Waals surface area (Å²) in [6, 6.07) is 10.4. The van der Waals surface area contributed by atoms with E-state index in [1.807, 2.05) is 162 Å². The van der Waals surface area contributed by atoms with Crippen LogP contribution in [-0.4, -0.2) is 258 Å². The Morgan fingerprint density at radius 2 is 0.662 bits per heavy atom. The average molecular weight is 2100 g/mol. The van der Waals surface area contributed by atoms with Gasteiger partial charge in [-0.1, -0.05) is 21.3 Å². The third-order valence-electron chi connectivity index (χ3n) is 26.6. The molecule has 10 N–H and O–H groups in total. The summed E-state index contributed by atoms with van der Waals surface area (Å²) >= 11 is 7.14. The van der Waals surface area contributed by atoms with Gasteiger partial charge in [-0.05, 0) is 233 Å². The number of hydrogen-bond donors (Lipinski definition) is 10. The third-order valence-corrected chi connectivity index (χ3v) is 30.3. The van der Waals surface area contributed by atoms with E-state index in [4.69, 9.17) is 4.74 Å². The van der Waals surface area contributed by atoms with Crippen molar-refractivity contribution < 1.29 is 13.5 Å². The quantitative estimate of drug-likeness (QED) is 0.0254. The minimum Gasteiger partial charge on any atom is -0.378 e. The Labute approximate surface area is 873 Å². The van der Waals surface area contributed by atoms with Crippen LogP contribution < -0.4 is 26.6 Å². The van der Waals surface area contributed by atoms with E-state index < -0.39 is 11.3 Å². The molecule has 770 valence electrons. The number of nitrogens with zero attached hydrogens (tertiary/aromatic N) is 30. The van der Waals surface area contributed by atoms with Crippen LogP contribution in [0.25, 0.3) is 84.5 Å². The van der Waals surface area contributed by atoms with Gasteiger partial charge in [0.1, 0.15) is 36.3 Å². The van der Waals surface area contributed by atoms with Gasteiger partial charge < -0.3 is 31.3 Å². The minimum absolute atomic E-state index is 0. The topological polar surface area (TPSA) is 444 Å². The van der Waals surface area contributed by atoms with Gasteiger partial charge in [-0.3, -0.25) is 72.0 Å². The first-order valence-corrected chi connectivity index (χ1v) is 53.0. The van der Waals surface area contributed by atoms with Crippen LogP contribution in [0.5, 0.6) is 0 Å². The van der Waals surface area contributed by atoms with Crippen molar-refractivity contribution in [3.8, 4) is 56.3 Å². The van der Waals surface area contributed by atoms with Crippen molar-refractivity contribution in [3.63, 3.8) is 0 Å². The molecular weight excluding hydrogens is 1980 g/mol. The summed E-state index contributed by atoms with van der Waals surface area (Å²) in [4.78, 5) is 57.8. The molecule has 20 aromatic rings. The maximum atomic E-state index is 14.3. The number of anilines is 10. The Bertz CT molecular complexity index is 7650. The van der Waals surface area contributed by atoms with E-state index in [9.17, 15) is 8.78 Å². The lowest BCUT2D eigenvalue weighted by molar-refractivity contribution is -0.0556. The van der Waals surface area contributed by atoms with Crippen molar-refractivity contribution in [1.29, 1.82) is 0 Å². The van der Waals surface area contributed by atoms with Crippen molar-refractivity contribution in [2.75, 3.05) is 98.7 Å². The van der Waals surface area contributed by atoms with Crippen molar-refractivity contribution >= 4 is 140 Å². The molecule has 20 aromatic heterocycles. The van der Waals surface area contributed by atoms with Crippen LogP contribution >= 0.6 is 57.7 Å². The largest absolute Gasteiger partial charge is 0.378 e. The van der Waals surface area contributed by atoms with Gasteiger partial charge in [0.15, 0.2) is 57.3 Å². The molecular formula is C100H120F2N40OS5. The fourth-order valence-electron chi connectivity index (χ4n) is 19.3. The van der Waals surface area contributed by atoms with Crippen LogP contribution in [0.4, 0.5) is 62.9 Å². The molecule has 5 aliphatic rings. The molecule has 148 heavy (non-hydrogen) atoms. The number of likely N-dealkylation sites (tertiary alicyclic amines) is 4. The average Bonchev–Trinajstić information content (AvgIpc) is 1.64. The van der Waals surface area contributed by atoms with E-state index in [1.165, 1.54) is 83.3 Å². The number of piperidine rings is 3. The highest BCUT2D eigenvalue weighted by Gasteiger charge is 2.36. The van der Waals surface area contributed by atoms with Crippen LogP contribution in [0.3, 0.4) is 0 Å². The maximum Gasteiger partial charge on any atom is 0.180 e. The zero-order valence-corrected chi connectivity index (χ0v) is 87.6. The number of aromatic amines is 5. The smallest absolute Gasteiger partial charge is 0.180 e. The Balaban J connectivity index is 0.000000112. The van der Waals surface area contributed by atoms with E-state index in [0.29, 0.717) is 56.5 Å². The molecule has 25 rings (SSSR count). The molecule has 3 atom stereocenters.